The number of benzene rings is 3. The van der Waals surface area contributed by atoms with E-state index >= 15 is 0 Å². The van der Waals surface area contributed by atoms with Crippen LogP contribution in [0.5, 0.6) is 5.75 Å². The number of phenolic OH excluding ortho intramolecular Hbond substituents is 1. The van der Waals surface area contributed by atoms with E-state index in [1.54, 1.807) is 30.3 Å². The quantitative estimate of drug-likeness (QED) is 0.563. The molecule has 3 aromatic carbocycles. The van der Waals surface area contributed by atoms with Gasteiger partial charge in [0.1, 0.15) is 5.75 Å². The van der Waals surface area contributed by atoms with Crippen LogP contribution in [0.1, 0.15) is 23.6 Å². The maximum absolute atomic E-state index is 13.2. The molecule has 0 saturated heterocycles. The molecule has 6 heteroatoms. The van der Waals surface area contributed by atoms with Gasteiger partial charge in [0.2, 0.25) is 0 Å². The number of para-hydroxylation sites is 1. The van der Waals surface area contributed by atoms with E-state index in [2.05, 4.69) is 0 Å². The third-order valence-corrected chi connectivity index (χ3v) is 5.62. The molecule has 1 unspecified atom stereocenters. The average molecular weight is 434 g/mol. The summed E-state index contributed by atoms with van der Waals surface area (Å²) < 4.78 is 0. The van der Waals surface area contributed by atoms with Crippen molar-refractivity contribution in [2.45, 2.75) is 18.9 Å². The van der Waals surface area contributed by atoms with Crippen molar-refractivity contribution in [2.75, 3.05) is 4.90 Å². The van der Waals surface area contributed by atoms with Crippen molar-refractivity contribution in [3.05, 3.63) is 106 Å². The van der Waals surface area contributed by atoms with Gasteiger partial charge in [0.15, 0.2) is 11.5 Å². The van der Waals surface area contributed by atoms with Gasteiger partial charge in [0, 0.05) is 12.1 Å². The topological polar surface area (TPSA) is 77.8 Å². The van der Waals surface area contributed by atoms with Crippen LogP contribution in [0.2, 0.25) is 5.02 Å². The SMILES string of the molecule is O=C(CCc1ccccc1)C1=C(O)C(=O)N(c2ccccc2)C1c1ccc(O)c(Cl)c1. The number of ketones is 1. The molecule has 0 aromatic heterocycles. The maximum Gasteiger partial charge on any atom is 0.294 e. The van der Waals surface area contributed by atoms with Crippen molar-refractivity contribution in [1.82, 2.24) is 0 Å². The number of aromatic hydroxyl groups is 1. The monoisotopic (exact) mass is 433 g/mol. The summed E-state index contributed by atoms with van der Waals surface area (Å²) in [4.78, 5) is 27.6. The van der Waals surface area contributed by atoms with Crippen molar-refractivity contribution in [3.63, 3.8) is 0 Å². The van der Waals surface area contributed by atoms with Crippen molar-refractivity contribution in [1.29, 1.82) is 0 Å². The maximum atomic E-state index is 13.2. The van der Waals surface area contributed by atoms with Gasteiger partial charge in [-0.2, -0.15) is 0 Å². The number of amides is 1. The van der Waals surface area contributed by atoms with Crippen molar-refractivity contribution < 1.29 is 19.8 Å². The predicted molar refractivity (Wildman–Crippen MR) is 119 cm³/mol. The molecule has 31 heavy (non-hydrogen) atoms. The first-order valence-corrected chi connectivity index (χ1v) is 10.2. The number of rotatable bonds is 6. The fraction of sp³-hybridized carbons (Fsp3) is 0.120. The van der Waals surface area contributed by atoms with Gasteiger partial charge in [-0.05, 0) is 41.8 Å². The van der Waals surface area contributed by atoms with Crippen LogP contribution in [0.25, 0.3) is 0 Å². The van der Waals surface area contributed by atoms with Crippen molar-refractivity contribution in [3.8, 4) is 5.75 Å². The Labute approximate surface area is 184 Å². The summed E-state index contributed by atoms with van der Waals surface area (Å²) in [5, 5.41) is 20.6. The molecule has 3 aromatic rings. The normalized spacial score (nSPS) is 16.1. The van der Waals surface area contributed by atoms with Crippen molar-refractivity contribution >= 4 is 29.0 Å². The first-order valence-electron chi connectivity index (χ1n) is 9.84. The second kappa shape index (κ2) is 8.66. The molecule has 1 aliphatic rings. The number of hydrogen-bond acceptors (Lipinski definition) is 4. The summed E-state index contributed by atoms with van der Waals surface area (Å²) in [5.41, 5.74) is 2.09. The lowest BCUT2D eigenvalue weighted by Gasteiger charge is -2.27. The van der Waals surface area contributed by atoms with Gasteiger partial charge in [-0.3, -0.25) is 14.5 Å². The minimum Gasteiger partial charge on any atom is -0.506 e. The first kappa shape index (κ1) is 20.7. The summed E-state index contributed by atoms with van der Waals surface area (Å²) >= 11 is 6.11. The number of aryl methyl sites for hydroxylation is 1. The molecule has 0 radical (unpaired) electrons. The molecule has 4 rings (SSSR count). The zero-order valence-corrected chi connectivity index (χ0v) is 17.3. The Hall–Kier alpha value is -3.57. The summed E-state index contributed by atoms with van der Waals surface area (Å²) in [5.74, 6) is -1.63. The Morgan fingerprint density at radius 3 is 2.23 bits per heavy atom. The number of nitrogens with zero attached hydrogens (tertiary/aromatic N) is 1. The molecule has 0 saturated carbocycles. The van der Waals surface area contributed by atoms with Gasteiger partial charge in [-0.1, -0.05) is 66.2 Å². The Balaban J connectivity index is 1.74. The minimum atomic E-state index is -0.851. The predicted octanol–water partition coefficient (Wildman–Crippen LogP) is 5.15. The molecule has 1 atom stereocenters. The molecule has 2 N–H and O–H groups in total. The van der Waals surface area contributed by atoms with E-state index in [0.717, 1.165) is 5.56 Å². The number of halogens is 1. The molecule has 0 aliphatic carbocycles. The fourth-order valence-electron chi connectivity index (χ4n) is 3.79. The molecular formula is C25H20ClNO4. The first-order chi connectivity index (χ1) is 15.0. The molecule has 0 fully saturated rings. The summed E-state index contributed by atoms with van der Waals surface area (Å²) in [6.45, 7) is 0. The Kier molecular flexibility index (Phi) is 5.78. The zero-order valence-electron chi connectivity index (χ0n) is 16.5. The molecule has 1 aliphatic heterocycles. The molecule has 0 bridgehead atoms. The molecule has 1 heterocycles. The van der Waals surface area contributed by atoms with E-state index in [-0.39, 0.29) is 28.5 Å². The second-order valence-electron chi connectivity index (χ2n) is 7.30. The summed E-state index contributed by atoms with van der Waals surface area (Å²) in [7, 11) is 0. The van der Waals surface area contributed by atoms with Gasteiger partial charge >= 0.3 is 0 Å². The lowest BCUT2D eigenvalue weighted by atomic mass is 9.93. The van der Waals surface area contributed by atoms with E-state index in [1.807, 2.05) is 36.4 Å². The van der Waals surface area contributed by atoms with Crippen LogP contribution in [0.3, 0.4) is 0 Å². The summed E-state index contributed by atoms with van der Waals surface area (Å²) in [6.07, 6.45) is 0.626. The van der Waals surface area contributed by atoms with E-state index in [4.69, 9.17) is 11.6 Å². The lowest BCUT2D eigenvalue weighted by Crippen LogP contribution is -2.31. The fourth-order valence-corrected chi connectivity index (χ4v) is 3.98. The molecule has 0 spiro atoms. The van der Waals surface area contributed by atoms with E-state index in [9.17, 15) is 19.8 Å². The van der Waals surface area contributed by atoms with E-state index in [1.165, 1.54) is 17.0 Å². The van der Waals surface area contributed by atoms with E-state index in [0.29, 0.717) is 17.7 Å². The standard InChI is InChI=1S/C25H20ClNO4/c26-19-15-17(12-14-20(19)28)23-22(21(29)13-11-16-7-3-1-4-8-16)24(30)25(31)27(23)18-9-5-2-6-10-18/h1-10,12,14-15,23,28,30H,11,13H2. The largest absolute Gasteiger partial charge is 0.506 e. The Bertz CT molecular complexity index is 1160. The highest BCUT2D eigenvalue weighted by Gasteiger charge is 2.44. The number of Topliss-reactive ketones (excluding diaryl/α,β-unsaturated/α-hetero) is 1. The molecular weight excluding hydrogens is 414 g/mol. The summed E-state index contributed by atoms with van der Waals surface area (Å²) in [6, 6.07) is 22.0. The second-order valence-corrected chi connectivity index (χ2v) is 7.70. The molecule has 1 amide bonds. The van der Waals surface area contributed by atoms with Crippen molar-refractivity contribution in [2.24, 2.45) is 0 Å². The van der Waals surface area contributed by atoms with Crippen LogP contribution in [0.15, 0.2) is 90.2 Å². The number of phenols is 1. The lowest BCUT2D eigenvalue weighted by molar-refractivity contribution is -0.118. The van der Waals surface area contributed by atoms with E-state index < -0.39 is 17.7 Å². The highest BCUT2D eigenvalue weighted by molar-refractivity contribution is 6.32. The smallest absolute Gasteiger partial charge is 0.294 e. The van der Waals surface area contributed by atoms with Crippen LogP contribution >= 0.6 is 11.6 Å². The minimum absolute atomic E-state index is 0.0338. The van der Waals surface area contributed by atoms with Gasteiger partial charge in [-0.25, -0.2) is 0 Å². The third-order valence-electron chi connectivity index (χ3n) is 5.31. The third kappa shape index (κ3) is 4.05. The van der Waals surface area contributed by atoms with Gasteiger partial charge in [0.25, 0.3) is 5.91 Å². The number of carbonyl (C=O) groups excluding carboxylic acids is 2. The van der Waals surface area contributed by atoms with Crippen LogP contribution in [-0.4, -0.2) is 21.9 Å². The zero-order chi connectivity index (χ0) is 22.0. The number of hydrogen-bond donors (Lipinski definition) is 2. The molecule has 5 nitrogen and oxygen atoms in total. The Morgan fingerprint density at radius 1 is 0.935 bits per heavy atom. The van der Waals surface area contributed by atoms with Gasteiger partial charge < -0.3 is 10.2 Å². The number of carbonyl (C=O) groups is 2. The van der Waals surface area contributed by atoms with Crippen LogP contribution in [0, 0.1) is 0 Å². The van der Waals surface area contributed by atoms with Crippen LogP contribution in [-0.2, 0) is 16.0 Å². The molecule has 156 valence electrons. The van der Waals surface area contributed by atoms with Gasteiger partial charge in [0.05, 0.1) is 16.6 Å². The average Bonchev–Trinajstić information content (AvgIpc) is 3.06. The highest BCUT2D eigenvalue weighted by Crippen LogP contribution is 2.42. The van der Waals surface area contributed by atoms with Crippen LogP contribution in [0.4, 0.5) is 5.69 Å². The van der Waals surface area contributed by atoms with Crippen LogP contribution < -0.4 is 4.90 Å². The Morgan fingerprint density at radius 2 is 1.58 bits per heavy atom. The number of aliphatic hydroxyl groups excluding tert-OH is 1. The van der Waals surface area contributed by atoms with Gasteiger partial charge in [-0.15, -0.1) is 0 Å². The number of aliphatic hydroxyl groups is 1. The highest BCUT2D eigenvalue weighted by atomic mass is 35.5. The number of anilines is 1.